The van der Waals surface area contributed by atoms with Crippen LogP contribution in [0.4, 0.5) is 0 Å². The highest BCUT2D eigenvalue weighted by molar-refractivity contribution is 5.98. The number of carbonyl (C=O) groups is 1. The number of carbonyl (C=O) groups excluding carboxylic acids is 1. The molecule has 196 valence electrons. The highest BCUT2D eigenvalue weighted by Crippen LogP contribution is 2.41. The number of aromatic nitrogens is 2. The predicted molar refractivity (Wildman–Crippen MR) is 154 cm³/mol. The van der Waals surface area contributed by atoms with E-state index in [0.29, 0.717) is 11.5 Å². The summed E-state index contributed by atoms with van der Waals surface area (Å²) >= 11 is 0. The van der Waals surface area contributed by atoms with Crippen molar-refractivity contribution in [3.8, 4) is 22.3 Å². The summed E-state index contributed by atoms with van der Waals surface area (Å²) in [4.78, 5) is 27.0. The summed E-state index contributed by atoms with van der Waals surface area (Å²) in [6.45, 7) is 4.42. The van der Waals surface area contributed by atoms with Crippen LogP contribution in [0.15, 0.2) is 54.9 Å². The first kappa shape index (κ1) is 24.8. The monoisotopic (exact) mass is 507 g/mol. The fourth-order valence-electron chi connectivity index (χ4n) is 6.25. The molecule has 1 N–H and O–H groups in total. The molecule has 0 spiro atoms. The van der Waals surface area contributed by atoms with Gasteiger partial charge in [-0.25, -0.2) is 4.98 Å². The number of hydrogen-bond donors (Lipinski definition) is 1. The molecular formula is C32H37N5O. The number of benzene rings is 2. The fraction of sp³-hybridized carbons (Fsp3) is 0.375. The molecule has 1 unspecified atom stereocenters. The summed E-state index contributed by atoms with van der Waals surface area (Å²) in [5.41, 5.74) is 10.8. The van der Waals surface area contributed by atoms with Crippen molar-refractivity contribution in [1.29, 1.82) is 0 Å². The minimum absolute atomic E-state index is 0.0123. The van der Waals surface area contributed by atoms with E-state index in [1.54, 1.807) is 24.6 Å². The Labute approximate surface area is 225 Å². The lowest BCUT2D eigenvalue weighted by Gasteiger charge is -2.39. The Kier molecular flexibility index (Phi) is 6.54. The van der Waals surface area contributed by atoms with Gasteiger partial charge in [0.1, 0.15) is 5.65 Å². The first-order valence-corrected chi connectivity index (χ1v) is 13.7. The van der Waals surface area contributed by atoms with Gasteiger partial charge in [0.05, 0.1) is 0 Å². The molecule has 6 heteroatoms. The minimum Gasteiger partial charge on any atom is -0.346 e. The van der Waals surface area contributed by atoms with Crippen LogP contribution in [0.1, 0.15) is 45.8 Å². The van der Waals surface area contributed by atoms with Crippen molar-refractivity contribution < 1.29 is 4.79 Å². The van der Waals surface area contributed by atoms with E-state index in [1.165, 1.54) is 42.5 Å². The summed E-state index contributed by atoms with van der Waals surface area (Å²) in [6, 6.07) is 15.0. The molecule has 2 aromatic heterocycles. The van der Waals surface area contributed by atoms with E-state index in [1.807, 2.05) is 36.7 Å². The quantitative estimate of drug-likeness (QED) is 0.380. The maximum absolute atomic E-state index is 12.3. The Morgan fingerprint density at radius 1 is 1.03 bits per heavy atom. The number of rotatable bonds is 6. The largest absolute Gasteiger partial charge is 0.346 e. The van der Waals surface area contributed by atoms with E-state index < -0.39 is 0 Å². The zero-order valence-electron chi connectivity index (χ0n) is 22.9. The smallest absolute Gasteiger partial charge is 0.253 e. The zero-order chi connectivity index (χ0) is 26.4. The second-order valence-corrected chi connectivity index (χ2v) is 11.4. The van der Waals surface area contributed by atoms with E-state index in [9.17, 15) is 4.79 Å². The van der Waals surface area contributed by atoms with E-state index >= 15 is 0 Å². The number of hydrogen-bond acceptors (Lipinski definition) is 4. The number of nitrogens with zero attached hydrogens (tertiary/aromatic N) is 4. The van der Waals surface area contributed by atoms with Crippen LogP contribution in [-0.2, 0) is 13.0 Å². The Morgan fingerprint density at radius 2 is 1.82 bits per heavy atom. The van der Waals surface area contributed by atoms with Gasteiger partial charge in [-0.1, -0.05) is 18.2 Å². The highest BCUT2D eigenvalue weighted by Gasteiger charge is 2.30. The molecule has 0 saturated carbocycles. The van der Waals surface area contributed by atoms with Crippen LogP contribution in [-0.4, -0.2) is 78.4 Å². The van der Waals surface area contributed by atoms with E-state index in [2.05, 4.69) is 47.1 Å². The molecule has 1 aliphatic heterocycles. The topological polar surface area (TPSA) is 55.5 Å². The molecule has 0 bridgehead atoms. The average Bonchev–Trinajstić information content (AvgIpc) is 3.35. The van der Waals surface area contributed by atoms with E-state index in [0.717, 1.165) is 47.4 Å². The van der Waals surface area contributed by atoms with Crippen LogP contribution in [0.3, 0.4) is 0 Å². The third kappa shape index (κ3) is 4.63. The van der Waals surface area contributed by atoms with Gasteiger partial charge in [0.15, 0.2) is 0 Å². The summed E-state index contributed by atoms with van der Waals surface area (Å²) < 4.78 is 0. The van der Waals surface area contributed by atoms with Gasteiger partial charge in [-0.3, -0.25) is 9.69 Å². The molecule has 2 aliphatic rings. The number of likely N-dealkylation sites (N-methyl/N-ethyl adjacent to an activating group) is 1. The van der Waals surface area contributed by atoms with Crippen molar-refractivity contribution in [2.75, 3.05) is 47.8 Å². The fourth-order valence-corrected chi connectivity index (χ4v) is 6.25. The zero-order valence-corrected chi connectivity index (χ0v) is 22.9. The third-order valence-corrected chi connectivity index (χ3v) is 8.21. The van der Waals surface area contributed by atoms with Crippen LogP contribution in [0.5, 0.6) is 0 Å². The van der Waals surface area contributed by atoms with Crippen LogP contribution < -0.4 is 0 Å². The molecule has 0 saturated heterocycles. The van der Waals surface area contributed by atoms with Crippen molar-refractivity contribution in [1.82, 2.24) is 24.7 Å². The lowest BCUT2D eigenvalue weighted by molar-refractivity contribution is 0.0827. The summed E-state index contributed by atoms with van der Waals surface area (Å²) in [7, 11) is 7.87. The van der Waals surface area contributed by atoms with Crippen molar-refractivity contribution in [3.05, 3.63) is 77.1 Å². The van der Waals surface area contributed by atoms with Gasteiger partial charge >= 0.3 is 0 Å². The van der Waals surface area contributed by atoms with Crippen molar-refractivity contribution in [2.45, 2.75) is 31.7 Å². The number of pyridine rings is 1. The molecule has 1 amide bonds. The maximum atomic E-state index is 12.3. The van der Waals surface area contributed by atoms with E-state index in [-0.39, 0.29) is 5.91 Å². The SMILES string of the molecule is CN(C)CCN1Cc2cc(-c3cnc4[nH]cc(-c5ccc(C(=O)N(C)C)cc5)c4c3)cc3c2C(CCC3)C1. The number of nitrogens with one attached hydrogen (secondary N) is 1. The van der Waals surface area contributed by atoms with Crippen molar-refractivity contribution in [2.24, 2.45) is 0 Å². The Bertz CT molecular complexity index is 1480. The van der Waals surface area contributed by atoms with Crippen molar-refractivity contribution >= 4 is 16.9 Å². The summed E-state index contributed by atoms with van der Waals surface area (Å²) in [6.07, 6.45) is 7.77. The van der Waals surface area contributed by atoms with Gasteiger partial charge in [0, 0.05) is 74.7 Å². The second kappa shape index (κ2) is 10.0. The lowest BCUT2D eigenvalue weighted by Crippen LogP contribution is -2.39. The summed E-state index contributed by atoms with van der Waals surface area (Å²) in [5, 5.41) is 1.10. The molecule has 3 heterocycles. The first-order chi connectivity index (χ1) is 18.4. The molecule has 38 heavy (non-hydrogen) atoms. The van der Waals surface area contributed by atoms with Gasteiger partial charge < -0.3 is 14.8 Å². The molecule has 1 atom stereocenters. The Morgan fingerprint density at radius 3 is 2.58 bits per heavy atom. The average molecular weight is 508 g/mol. The molecule has 0 radical (unpaired) electrons. The predicted octanol–water partition coefficient (Wildman–Crippen LogP) is 5.40. The number of amides is 1. The van der Waals surface area contributed by atoms with Gasteiger partial charge in [-0.15, -0.1) is 0 Å². The molecular weight excluding hydrogens is 470 g/mol. The molecule has 6 rings (SSSR count). The Balaban J connectivity index is 1.35. The molecule has 4 aromatic rings. The van der Waals surface area contributed by atoms with Crippen LogP contribution in [0.2, 0.25) is 0 Å². The van der Waals surface area contributed by atoms with Gasteiger partial charge in [0.25, 0.3) is 5.91 Å². The number of aryl methyl sites for hydroxylation is 1. The molecule has 1 aliphatic carbocycles. The van der Waals surface area contributed by atoms with Gasteiger partial charge in [-0.2, -0.15) is 0 Å². The van der Waals surface area contributed by atoms with E-state index in [4.69, 9.17) is 4.98 Å². The normalized spacial score (nSPS) is 17.1. The highest BCUT2D eigenvalue weighted by atomic mass is 16.2. The third-order valence-electron chi connectivity index (χ3n) is 8.21. The molecule has 2 aromatic carbocycles. The van der Waals surface area contributed by atoms with Crippen LogP contribution >= 0.6 is 0 Å². The van der Waals surface area contributed by atoms with Crippen LogP contribution in [0, 0.1) is 0 Å². The number of fused-ring (bicyclic) bond motifs is 1. The van der Waals surface area contributed by atoms with Gasteiger partial charge in [0.2, 0.25) is 0 Å². The number of aromatic amines is 1. The maximum Gasteiger partial charge on any atom is 0.253 e. The van der Waals surface area contributed by atoms with Crippen LogP contribution in [0.25, 0.3) is 33.3 Å². The number of H-pyrrole nitrogens is 1. The lowest BCUT2D eigenvalue weighted by atomic mass is 9.76. The first-order valence-electron chi connectivity index (χ1n) is 13.7. The standard InChI is InChI=1S/C32H37N5O/c1-35(2)12-13-37-19-24-7-5-6-23-14-25(15-27(20-37)30(23)24)26-16-28-29(18-34-31(28)33-17-26)21-8-10-22(11-9-21)32(38)36(3)4/h8-11,14-18,24H,5-7,12-13,19-20H2,1-4H3,(H,33,34). The summed E-state index contributed by atoms with van der Waals surface area (Å²) in [5.74, 6) is 0.677. The van der Waals surface area contributed by atoms with Gasteiger partial charge in [-0.05, 0) is 91.4 Å². The van der Waals surface area contributed by atoms with Crippen molar-refractivity contribution in [3.63, 3.8) is 0 Å². The molecule has 0 fully saturated rings. The molecule has 6 nitrogen and oxygen atoms in total. The second-order valence-electron chi connectivity index (χ2n) is 11.4. The minimum atomic E-state index is 0.0123. The Hall–Kier alpha value is -3.48.